The highest BCUT2D eigenvalue weighted by Gasteiger charge is 2.35. The molecule has 0 atom stereocenters. The molecule has 1 aromatic heterocycles. The van der Waals surface area contributed by atoms with Gasteiger partial charge >= 0.3 is 0 Å². The molecule has 4 rings (SSSR count). The molecule has 26 heavy (non-hydrogen) atoms. The number of hydrogen-bond acceptors (Lipinski definition) is 3. The number of nitrogens with one attached hydrogen (secondary N) is 1. The van der Waals surface area contributed by atoms with E-state index in [2.05, 4.69) is 34.6 Å². The smallest absolute Gasteiger partial charge is 0.251 e. The van der Waals surface area contributed by atoms with Gasteiger partial charge in [-0.15, -0.1) is 0 Å². The normalized spacial score (nSPS) is 15.7. The molecule has 1 saturated carbocycles. The molecule has 0 spiro atoms. The van der Waals surface area contributed by atoms with Crippen LogP contribution in [0, 0.1) is 0 Å². The lowest BCUT2D eigenvalue weighted by Gasteiger charge is -2.30. The number of carbonyl (C=O) groups excluding carboxylic acids is 1. The summed E-state index contributed by atoms with van der Waals surface area (Å²) >= 11 is 0. The number of nitrogens with zero attached hydrogens (tertiary/aromatic N) is 1. The average molecular weight is 346 g/mol. The summed E-state index contributed by atoms with van der Waals surface area (Å²) in [6.07, 6.45) is 7.76. The Morgan fingerprint density at radius 3 is 2.42 bits per heavy atom. The lowest BCUT2D eigenvalue weighted by molar-refractivity contribution is 0.0943. The fourth-order valence-electron chi connectivity index (χ4n) is 3.91. The van der Waals surface area contributed by atoms with Crippen LogP contribution in [0.3, 0.4) is 0 Å². The van der Waals surface area contributed by atoms with Crippen molar-refractivity contribution in [2.24, 2.45) is 0 Å². The molecular weight excluding hydrogens is 324 g/mol. The van der Waals surface area contributed by atoms with E-state index in [1.54, 1.807) is 6.20 Å². The first-order valence-corrected chi connectivity index (χ1v) is 9.10. The number of amides is 1. The standard InChI is InChI=1S/C22H22N2O2/c25-21(18-10-8-17(9-11-18)20-14-23-16-26-20)24-15-22(12-4-5-13-22)19-6-2-1-3-7-19/h1-3,6-11,14,16H,4-5,12-13,15H2,(H,24,25). The van der Waals surface area contributed by atoms with E-state index in [1.807, 2.05) is 30.3 Å². The zero-order valence-corrected chi connectivity index (χ0v) is 14.7. The minimum absolute atomic E-state index is 0.0312. The van der Waals surface area contributed by atoms with E-state index in [0.717, 1.165) is 18.4 Å². The molecule has 4 heteroatoms. The summed E-state index contributed by atoms with van der Waals surface area (Å²) < 4.78 is 5.29. The van der Waals surface area contributed by atoms with Crippen molar-refractivity contribution in [1.29, 1.82) is 0 Å². The summed E-state index contributed by atoms with van der Waals surface area (Å²) in [6, 6.07) is 18.0. The van der Waals surface area contributed by atoms with Gasteiger partial charge in [-0.05, 0) is 30.5 Å². The van der Waals surface area contributed by atoms with Gasteiger partial charge in [0.15, 0.2) is 12.2 Å². The van der Waals surface area contributed by atoms with Gasteiger partial charge in [0, 0.05) is 23.1 Å². The Hall–Kier alpha value is -2.88. The zero-order chi connectivity index (χ0) is 17.8. The third-order valence-electron chi connectivity index (χ3n) is 5.40. The Kier molecular flexibility index (Phi) is 4.57. The lowest BCUT2D eigenvalue weighted by Crippen LogP contribution is -2.39. The Morgan fingerprint density at radius 2 is 1.77 bits per heavy atom. The van der Waals surface area contributed by atoms with Crippen molar-refractivity contribution in [2.75, 3.05) is 6.54 Å². The monoisotopic (exact) mass is 346 g/mol. The number of hydrogen-bond donors (Lipinski definition) is 1. The van der Waals surface area contributed by atoms with E-state index >= 15 is 0 Å². The van der Waals surface area contributed by atoms with Crippen molar-refractivity contribution >= 4 is 5.91 Å². The van der Waals surface area contributed by atoms with Crippen molar-refractivity contribution in [2.45, 2.75) is 31.1 Å². The van der Waals surface area contributed by atoms with Crippen molar-refractivity contribution in [3.8, 4) is 11.3 Å². The molecule has 1 aliphatic carbocycles. The highest BCUT2D eigenvalue weighted by molar-refractivity contribution is 5.94. The minimum Gasteiger partial charge on any atom is -0.444 e. The highest BCUT2D eigenvalue weighted by Crippen LogP contribution is 2.40. The molecule has 132 valence electrons. The summed E-state index contributed by atoms with van der Waals surface area (Å²) in [5.74, 6) is 0.669. The van der Waals surface area contributed by atoms with Crippen LogP contribution in [-0.4, -0.2) is 17.4 Å². The van der Waals surface area contributed by atoms with Crippen molar-refractivity contribution in [3.05, 3.63) is 78.3 Å². The van der Waals surface area contributed by atoms with Crippen LogP contribution in [0.1, 0.15) is 41.6 Å². The number of benzene rings is 2. The summed E-state index contributed by atoms with van der Waals surface area (Å²) in [5.41, 5.74) is 2.97. The first-order chi connectivity index (χ1) is 12.8. The predicted molar refractivity (Wildman–Crippen MR) is 101 cm³/mol. The molecule has 4 nitrogen and oxygen atoms in total. The van der Waals surface area contributed by atoms with E-state index in [4.69, 9.17) is 4.42 Å². The predicted octanol–water partition coefficient (Wildman–Crippen LogP) is 4.58. The summed E-state index contributed by atoms with van der Waals surface area (Å²) in [7, 11) is 0. The van der Waals surface area contributed by atoms with E-state index in [0.29, 0.717) is 17.9 Å². The summed E-state index contributed by atoms with van der Waals surface area (Å²) in [5, 5.41) is 3.16. The van der Waals surface area contributed by atoms with Crippen LogP contribution < -0.4 is 5.32 Å². The van der Waals surface area contributed by atoms with Crippen LogP contribution in [0.2, 0.25) is 0 Å². The highest BCUT2D eigenvalue weighted by atomic mass is 16.3. The van der Waals surface area contributed by atoms with E-state index < -0.39 is 0 Å². The topological polar surface area (TPSA) is 55.1 Å². The SMILES string of the molecule is O=C(NCC1(c2ccccc2)CCCC1)c1ccc(-c2cnco2)cc1. The molecule has 0 unspecified atom stereocenters. The quantitative estimate of drug-likeness (QED) is 0.735. The molecular formula is C22H22N2O2. The molecule has 1 aliphatic rings. The summed E-state index contributed by atoms with van der Waals surface area (Å²) in [4.78, 5) is 16.5. The minimum atomic E-state index is -0.0312. The van der Waals surface area contributed by atoms with Gasteiger partial charge in [-0.2, -0.15) is 0 Å². The van der Waals surface area contributed by atoms with Crippen molar-refractivity contribution in [3.63, 3.8) is 0 Å². The molecule has 3 aromatic rings. The van der Waals surface area contributed by atoms with Gasteiger partial charge in [-0.1, -0.05) is 55.3 Å². The third-order valence-corrected chi connectivity index (χ3v) is 5.40. The number of carbonyl (C=O) groups is 1. The zero-order valence-electron chi connectivity index (χ0n) is 14.7. The van der Waals surface area contributed by atoms with Crippen LogP contribution in [-0.2, 0) is 5.41 Å². The van der Waals surface area contributed by atoms with Gasteiger partial charge < -0.3 is 9.73 Å². The van der Waals surface area contributed by atoms with E-state index in [1.165, 1.54) is 24.8 Å². The number of aromatic nitrogens is 1. The first kappa shape index (κ1) is 16.6. The first-order valence-electron chi connectivity index (χ1n) is 9.10. The molecule has 1 heterocycles. The second-order valence-corrected chi connectivity index (χ2v) is 6.98. The summed E-state index contributed by atoms with van der Waals surface area (Å²) in [6.45, 7) is 0.680. The molecule has 0 radical (unpaired) electrons. The second kappa shape index (κ2) is 7.16. The van der Waals surface area contributed by atoms with Gasteiger partial charge in [-0.3, -0.25) is 4.79 Å². The second-order valence-electron chi connectivity index (χ2n) is 6.98. The van der Waals surface area contributed by atoms with Crippen molar-refractivity contribution < 1.29 is 9.21 Å². The Bertz CT molecular complexity index is 849. The van der Waals surface area contributed by atoms with Gasteiger partial charge in [0.2, 0.25) is 0 Å². The van der Waals surface area contributed by atoms with Gasteiger partial charge in [0.25, 0.3) is 5.91 Å². The Labute approximate surface area is 153 Å². The van der Waals surface area contributed by atoms with Gasteiger partial charge in [-0.25, -0.2) is 4.98 Å². The molecule has 0 bridgehead atoms. The lowest BCUT2D eigenvalue weighted by atomic mass is 9.79. The van der Waals surface area contributed by atoms with E-state index in [-0.39, 0.29) is 11.3 Å². The Balaban J connectivity index is 1.46. The maximum atomic E-state index is 12.6. The van der Waals surface area contributed by atoms with E-state index in [9.17, 15) is 4.79 Å². The van der Waals surface area contributed by atoms with Crippen LogP contribution in [0.4, 0.5) is 0 Å². The number of oxazole rings is 1. The molecule has 0 aliphatic heterocycles. The van der Waals surface area contributed by atoms with Crippen LogP contribution >= 0.6 is 0 Å². The molecule has 2 aromatic carbocycles. The fraction of sp³-hybridized carbons (Fsp3) is 0.273. The van der Waals surface area contributed by atoms with Crippen molar-refractivity contribution in [1.82, 2.24) is 10.3 Å². The molecule has 1 amide bonds. The van der Waals surface area contributed by atoms with Crippen LogP contribution in [0.25, 0.3) is 11.3 Å². The van der Waals surface area contributed by atoms with Gasteiger partial charge in [0.1, 0.15) is 0 Å². The van der Waals surface area contributed by atoms with Crippen LogP contribution in [0.5, 0.6) is 0 Å². The van der Waals surface area contributed by atoms with Gasteiger partial charge in [0.05, 0.1) is 6.20 Å². The molecule has 0 saturated heterocycles. The largest absolute Gasteiger partial charge is 0.444 e. The van der Waals surface area contributed by atoms with Crippen LogP contribution in [0.15, 0.2) is 71.6 Å². The fourth-order valence-corrected chi connectivity index (χ4v) is 3.91. The maximum absolute atomic E-state index is 12.6. The Morgan fingerprint density at radius 1 is 1.04 bits per heavy atom. The third kappa shape index (κ3) is 3.27. The maximum Gasteiger partial charge on any atom is 0.251 e. The molecule has 1 N–H and O–H groups in total. The molecule has 1 fully saturated rings. The number of rotatable bonds is 5. The average Bonchev–Trinajstić information content (AvgIpc) is 3.40.